The number of rotatable bonds is 12. The van der Waals surface area contributed by atoms with Gasteiger partial charge in [0.1, 0.15) is 0 Å². The van der Waals surface area contributed by atoms with Crippen molar-refractivity contribution < 1.29 is 4.79 Å². The summed E-state index contributed by atoms with van der Waals surface area (Å²) < 4.78 is 0. The van der Waals surface area contributed by atoms with Crippen LogP contribution < -0.4 is 0 Å². The van der Waals surface area contributed by atoms with Gasteiger partial charge in [0.15, 0.2) is 0 Å². The molecule has 0 saturated heterocycles. The van der Waals surface area contributed by atoms with Crippen LogP contribution in [0.4, 0.5) is 0 Å². The standard InChI is InChI=1S/C36H51NO/c1-4-6-7-9-28-11-15-30(16-12-28)32-19-23-34(24-20-32)35-25-21-33(22-26-35)31-17-13-29(14-18-31)10-8-27-37(3)36(38)5-2/h5,19-26,28-31H,2,4,6-18,27H2,1,3H3. The minimum Gasteiger partial charge on any atom is -0.342 e. The number of carbonyl (C=O) groups is 1. The summed E-state index contributed by atoms with van der Waals surface area (Å²) in [6, 6.07) is 18.9. The lowest BCUT2D eigenvalue weighted by Gasteiger charge is -2.29. The number of hydrogen-bond acceptors (Lipinski definition) is 1. The van der Waals surface area contributed by atoms with Crippen LogP contribution in [0.1, 0.15) is 120 Å². The Kier molecular flexibility index (Phi) is 11.1. The second kappa shape index (κ2) is 14.7. The Hall–Kier alpha value is -2.35. The average molecular weight is 514 g/mol. The number of likely N-dealkylation sites (N-methyl/N-ethyl adjacent to an activating group) is 1. The molecular weight excluding hydrogens is 462 g/mol. The van der Waals surface area contributed by atoms with Crippen molar-refractivity contribution >= 4 is 5.91 Å². The zero-order valence-corrected chi connectivity index (χ0v) is 24.2. The fraction of sp³-hybridized carbons (Fsp3) is 0.583. The highest BCUT2D eigenvalue weighted by Crippen LogP contribution is 2.40. The molecule has 0 aromatic heterocycles. The first-order valence-corrected chi connectivity index (χ1v) is 15.6. The smallest absolute Gasteiger partial charge is 0.245 e. The zero-order chi connectivity index (χ0) is 26.7. The van der Waals surface area contributed by atoms with E-state index in [0.29, 0.717) is 5.92 Å². The van der Waals surface area contributed by atoms with Gasteiger partial charge in [0.2, 0.25) is 5.91 Å². The first kappa shape index (κ1) is 28.7. The van der Waals surface area contributed by atoms with Gasteiger partial charge in [-0.1, -0.05) is 87.7 Å². The fourth-order valence-corrected chi connectivity index (χ4v) is 7.03. The van der Waals surface area contributed by atoms with E-state index in [4.69, 9.17) is 0 Å². The molecule has 2 aliphatic carbocycles. The van der Waals surface area contributed by atoms with Crippen molar-refractivity contribution in [1.29, 1.82) is 0 Å². The Morgan fingerprint density at radius 2 is 1.18 bits per heavy atom. The van der Waals surface area contributed by atoms with Crippen molar-refractivity contribution in [2.24, 2.45) is 11.8 Å². The van der Waals surface area contributed by atoms with Crippen LogP contribution in [0.5, 0.6) is 0 Å². The molecule has 4 rings (SSSR count). The highest BCUT2D eigenvalue weighted by molar-refractivity contribution is 5.86. The van der Waals surface area contributed by atoms with E-state index in [1.165, 1.54) is 106 Å². The number of unbranched alkanes of at least 4 members (excludes halogenated alkanes) is 2. The topological polar surface area (TPSA) is 20.3 Å². The van der Waals surface area contributed by atoms with Crippen molar-refractivity contribution in [3.8, 4) is 11.1 Å². The third kappa shape index (κ3) is 8.08. The van der Waals surface area contributed by atoms with Crippen molar-refractivity contribution in [2.45, 2.75) is 109 Å². The van der Waals surface area contributed by atoms with Crippen molar-refractivity contribution in [1.82, 2.24) is 4.90 Å². The molecular formula is C36H51NO. The molecule has 2 aromatic carbocycles. The van der Waals surface area contributed by atoms with Crippen LogP contribution in [-0.2, 0) is 4.79 Å². The molecule has 0 spiro atoms. The second-order valence-corrected chi connectivity index (χ2v) is 12.3. The molecule has 2 aromatic rings. The predicted octanol–water partition coefficient (Wildman–Crippen LogP) is 9.91. The normalized spacial score (nSPS) is 23.6. The molecule has 0 unspecified atom stereocenters. The molecule has 206 valence electrons. The summed E-state index contributed by atoms with van der Waals surface area (Å²) in [6.45, 7) is 6.73. The number of nitrogens with zero attached hydrogens (tertiary/aromatic N) is 1. The number of hydrogen-bond donors (Lipinski definition) is 0. The molecule has 2 fully saturated rings. The van der Waals surface area contributed by atoms with E-state index < -0.39 is 0 Å². The average Bonchev–Trinajstić information content (AvgIpc) is 2.98. The zero-order valence-electron chi connectivity index (χ0n) is 24.2. The van der Waals surface area contributed by atoms with Gasteiger partial charge in [-0.15, -0.1) is 0 Å². The monoisotopic (exact) mass is 513 g/mol. The summed E-state index contributed by atoms with van der Waals surface area (Å²) in [5.41, 5.74) is 5.74. The first-order valence-electron chi connectivity index (χ1n) is 15.6. The molecule has 0 aliphatic heterocycles. The molecule has 0 atom stereocenters. The largest absolute Gasteiger partial charge is 0.342 e. The van der Waals surface area contributed by atoms with Gasteiger partial charge in [-0.05, 0) is 116 Å². The lowest BCUT2D eigenvalue weighted by Crippen LogP contribution is -2.26. The molecule has 2 saturated carbocycles. The van der Waals surface area contributed by atoms with Crippen LogP contribution in [0, 0.1) is 11.8 Å². The van der Waals surface area contributed by atoms with Gasteiger partial charge < -0.3 is 4.90 Å². The van der Waals surface area contributed by atoms with E-state index in [2.05, 4.69) is 62.0 Å². The summed E-state index contributed by atoms with van der Waals surface area (Å²) in [5, 5.41) is 0. The van der Waals surface area contributed by atoms with Crippen LogP contribution in [-0.4, -0.2) is 24.4 Å². The summed E-state index contributed by atoms with van der Waals surface area (Å²) in [7, 11) is 1.87. The van der Waals surface area contributed by atoms with E-state index in [1.54, 1.807) is 10.5 Å². The molecule has 2 heteroatoms. The van der Waals surface area contributed by atoms with Gasteiger partial charge in [0.25, 0.3) is 0 Å². The Morgan fingerprint density at radius 1 is 0.737 bits per heavy atom. The highest BCUT2D eigenvalue weighted by Gasteiger charge is 2.23. The van der Waals surface area contributed by atoms with Gasteiger partial charge in [0.05, 0.1) is 0 Å². The summed E-state index contributed by atoms with van der Waals surface area (Å²) >= 11 is 0. The molecule has 0 bridgehead atoms. The van der Waals surface area contributed by atoms with Gasteiger partial charge in [-0.3, -0.25) is 4.79 Å². The SMILES string of the molecule is C=CC(=O)N(C)CCCC1CCC(c2ccc(-c3ccc(C4CCC(CCCCC)CC4)cc3)cc2)CC1. The Balaban J connectivity index is 1.21. The minimum absolute atomic E-state index is 0.0310. The molecule has 1 amide bonds. The lowest BCUT2D eigenvalue weighted by atomic mass is 9.76. The van der Waals surface area contributed by atoms with Gasteiger partial charge in [-0.2, -0.15) is 0 Å². The van der Waals surface area contributed by atoms with Crippen molar-refractivity contribution in [2.75, 3.05) is 13.6 Å². The van der Waals surface area contributed by atoms with Crippen LogP contribution in [0.3, 0.4) is 0 Å². The Labute approximate surface area is 232 Å². The number of benzene rings is 2. The number of carbonyl (C=O) groups excluding carboxylic acids is 1. The molecule has 38 heavy (non-hydrogen) atoms. The summed E-state index contributed by atoms with van der Waals surface area (Å²) in [6.07, 6.45) is 20.2. The second-order valence-electron chi connectivity index (χ2n) is 12.3. The summed E-state index contributed by atoms with van der Waals surface area (Å²) in [5.74, 6) is 3.28. The van der Waals surface area contributed by atoms with E-state index >= 15 is 0 Å². The van der Waals surface area contributed by atoms with E-state index in [0.717, 1.165) is 30.7 Å². The molecule has 2 aliphatic rings. The number of amides is 1. The molecule has 2 nitrogen and oxygen atoms in total. The molecule has 0 N–H and O–H groups in total. The van der Waals surface area contributed by atoms with E-state index in [-0.39, 0.29) is 5.91 Å². The van der Waals surface area contributed by atoms with Gasteiger partial charge in [-0.25, -0.2) is 0 Å². The third-order valence-corrected chi connectivity index (χ3v) is 9.66. The quantitative estimate of drug-likeness (QED) is 0.204. The maximum absolute atomic E-state index is 11.6. The first-order chi connectivity index (χ1) is 18.6. The van der Waals surface area contributed by atoms with Crippen molar-refractivity contribution in [3.63, 3.8) is 0 Å². The van der Waals surface area contributed by atoms with Gasteiger partial charge >= 0.3 is 0 Å². The molecule has 0 heterocycles. The van der Waals surface area contributed by atoms with Crippen LogP contribution in [0.2, 0.25) is 0 Å². The van der Waals surface area contributed by atoms with E-state index in [9.17, 15) is 4.79 Å². The van der Waals surface area contributed by atoms with Gasteiger partial charge in [0, 0.05) is 13.6 Å². The Morgan fingerprint density at radius 3 is 1.61 bits per heavy atom. The third-order valence-electron chi connectivity index (χ3n) is 9.66. The van der Waals surface area contributed by atoms with Crippen LogP contribution in [0.25, 0.3) is 11.1 Å². The maximum atomic E-state index is 11.6. The maximum Gasteiger partial charge on any atom is 0.245 e. The van der Waals surface area contributed by atoms with E-state index in [1.807, 2.05) is 7.05 Å². The van der Waals surface area contributed by atoms with Crippen LogP contribution >= 0.6 is 0 Å². The minimum atomic E-state index is 0.0310. The van der Waals surface area contributed by atoms with Crippen LogP contribution in [0.15, 0.2) is 61.2 Å². The Bertz CT molecular complexity index is 975. The highest BCUT2D eigenvalue weighted by atomic mass is 16.2. The lowest BCUT2D eigenvalue weighted by molar-refractivity contribution is -0.124. The van der Waals surface area contributed by atoms with Crippen molar-refractivity contribution in [3.05, 3.63) is 72.3 Å². The predicted molar refractivity (Wildman–Crippen MR) is 162 cm³/mol. The summed E-state index contributed by atoms with van der Waals surface area (Å²) in [4.78, 5) is 13.4. The fourth-order valence-electron chi connectivity index (χ4n) is 7.03. The molecule has 0 radical (unpaired) electrons.